The van der Waals surface area contributed by atoms with E-state index in [-0.39, 0.29) is 12.1 Å². The molecule has 90 valence electrons. The average molecular weight is 238 g/mol. The number of benzene rings is 2. The van der Waals surface area contributed by atoms with Gasteiger partial charge in [0.2, 0.25) is 0 Å². The molecule has 1 aliphatic heterocycles. The molecule has 2 heteroatoms. The minimum Gasteiger partial charge on any atom is -0.454 e. The first-order valence-electron chi connectivity index (χ1n) is 6.09. The van der Waals surface area contributed by atoms with Gasteiger partial charge in [-0.2, -0.15) is 0 Å². The van der Waals surface area contributed by atoms with Crippen molar-refractivity contribution in [3.05, 3.63) is 70.8 Å². The molecule has 0 N–H and O–H groups in total. The van der Waals surface area contributed by atoms with E-state index in [4.69, 9.17) is 4.74 Å². The Morgan fingerprint density at radius 3 is 2.67 bits per heavy atom. The first-order valence-corrected chi connectivity index (χ1v) is 6.09. The van der Waals surface area contributed by atoms with Crippen LogP contribution < -0.4 is 0 Å². The predicted octanol–water partition coefficient (Wildman–Crippen LogP) is 3.45. The minimum atomic E-state index is -0.199. The standard InChI is InChI=1S/C16H14O2/c1-11-7-8-13-14(9-11)16(17)18-15(13)10-12-5-3-2-4-6-12/h2-9,15H,10H2,1H3. The maximum absolute atomic E-state index is 11.8. The molecule has 0 spiro atoms. The second-order valence-corrected chi connectivity index (χ2v) is 4.67. The molecule has 3 rings (SSSR count). The lowest BCUT2D eigenvalue weighted by atomic mass is 9.98. The fraction of sp³-hybridized carbons (Fsp3) is 0.188. The molecule has 0 radical (unpaired) electrons. The molecular weight excluding hydrogens is 224 g/mol. The number of cyclic esters (lactones) is 1. The Bertz CT molecular complexity index is 587. The lowest BCUT2D eigenvalue weighted by Crippen LogP contribution is -2.02. The van der Waals surface area contributed by atoms with Gasteiger partial charge in [0.05, 0.1) is 5.56 Å². The van der Waals surface area contributed by atoms with Crippen molar-refractivity contribution in [1.29, 1.82) is 0 Å². The third-order valence-corrected chi connectivity index (χ3v) is 3.29. The maximum Gasteiger partial charge on any atom is 0.339 e. The van der Waals surface area contributed by atoms with E-state index in [1.807, 2.05) is 43.3 Å². The zero-order chi connectivity index (χ0) is 12.5. The Balaban J connectivity index is 1.91. The average Bonchev–Trinajstić information content (AvgIpc) is 2.67. The fourth-order valence-electron chi connectivity index (χ4n) is 2.36. The number of rotatable bonds is 2. The van der Waals surface area contributed by atoms with Gasteiger partial charge in [0.1, 0.15) is 6.10 Å². The van der Waals surface area contributed by atoms with Crippen LogP contribution >= 0.6 is 0 Å². The highest BCUT2D eigenvalue weighted by atomic mass is 16.5. The summed E-state index contributed by atoms with van der Waals surface area (Å²) in [6, 6.07) is 16.0. The van der Waals surface area contributed by atoms with Gasteiger partial charge in [-0.25, -0.2) is 4.79 Å². The predicted molar refractivity (Wildman–Crippen MR) is 69.5 cm³/mol. The summed E-state index contributed by atoms with van der Waals surface area (Å²) in [4.78, 5) is 11.8. The lowest BCUT2D eigenvalue weighted by Gasteiger charge is -2.10. The zero-order valence-corrected chi connectivity index (χ0v) is 10.2. The molecule has 0 saturated carbocycles. The maximum atomic E-state index is 11.8. The van der Waals surface area contributed by atoms with Crippen LogP contribution in [0.4, 0.5) is 0 Å². The van der Waals surface area contributed by atoms with Gasteiger partial charge in [-0.3, -0.25) is 0 Å². The van der Waals surface area contributed by atoms with Crippen molar-refractivity contribution >= 4 is 5.97 Å². The Morgan fingerprint density at radius 1 is 1.11 bits per heavy atom. The highest BCUT2D eigenvalue weighted by Crippen LogP contribution is 2.33. The molecule has 18 heavy (non-hydrogen) atoms. The fourth-order valence-corrected chi connectivity index (χ4v) is 2.36. The molecule has 2 aromatic rings. The number of carbonyl (C=O) groups excluding carboxylic acids is 1. The van der Waals surface area contributed by atoms with Gasteiger partial charge in [0.15, 0.2) is 0 Å². The quantitative estimate of drug-likeness (QED) is 0.749. The van der Waals surface area contributed by atoms with Crippen LogP contribution in [0.25, 0.3) is 0 Å². The van der Waals surface area contributed by atoms with Gasteiger partial charge in [0, 0.05) is 12.0 Å². The van der Waals surface area contributed by atoms with E-state index in [0.29, 0.717) is 0 Å². The Morgan fingerprint density at radius 2 is 1.89 bits per heavy atom. The van der Waals surface area contributed by atoms with E-state index in [9.17, 15) is 4.79 Å². The Kier molecular flexibility index (Phi) is 2.63. The monoisotopic (exact) mass is 238 g/mol. The van der Waals surface area contributed by atoms with Gasteiger partial charge >= 0.3 is 5.97 Å². The molecule has 1 heterocycles. The topological polar surface area (TPSA) is 26.3 Å². The first-order chi connectivity index (χ1) is 8.74. The van der Waals surface area contributed by atoms with Gasteiger partial charge in [-0.15, -0.1) is 0 Å². The van der Waals surface area contributed by atoms with E-state index in [1.54, 1.807) is 0 Å². The second-order valence-electron chi connectivity index (χ2n) is 4.67. The lowest BCUT2D eigenvalue weighted by molar-refractivity contribution is 0.0387. The molecule has 1 aliphatic rings. The van der Waals surface area contributed by atoms with Gasteiger partial charge < -0.3 is 4.74 Å². The summed E-state index contributed by atoms with van der Waals surface area (Å²) >= 11 is 0. The van der Waals surface area contributed by atoms with Crippen molar-refractivity contribution in [3.8, 4) is 0 Å². The number of esters is 1. The molecular formula is C16H14O2. The molecule has 0 aliphatic carbocycles. The van der Waals surface area contributed by atoms with Gasteiger partial charge in [0.25, 0.3) is 0 Å². The molecule has 0 aromatic heterocycles. The normalized spacial score (nSPS) is 17.4. The van der Waals surface area contributed by atoms with Crippen LogP contribution in [-0.4, -0.2) is 5.97 Å². The summed E-state index contributed by atoms with van der Waals surface area (Å²) in [7, 11) is 0. The molecule has 0 bridgehead atoms. The van der Waals surface area contributed by atoms with Crippen molar-refractivity contribution in [2.45, 2.75) is 19.4 Å². The second kappa shape index (κ2) is 4.30. The van der Waals surface area contributed by atoms with Crippen LogP contribution in [0.15, 0.2) is 48.5 Å². The number of ether oxygens (including phenoxy) is 1. The Labute approximate surface area is 106 Å². The van der Waals surface area contributed by atoms with E-state index < -0.39 is 0 Å². The SMILES string of the molecule is Cc1ccc2c(c1)C(=O)OC2Cc1ccccc1. The number of fused-ring (bicyclic) bond motifs is 1. The summed E-state index contributed by atoms with van der Waals surface area (Å²) in [5.41, 5.74) is 4.00. The van der Waals surface area contributed by atoms with E-state index in [2.05, 4.69) is 12.1 Å². The largest absolute Gasteiger partial charge is 0.454 e. The van der Waals surface area contributed by atoms with Gasteiger partial charge in [-0.1, -0.05) is 48.0 Å². The number of hydrogen-bond donors (Lipinski definition) is 0. The van der Waals surface area contributed by atoms with Crippen LogP contribution in [0.2, 0.25) is 0 Å². The van der Waals surface area contributed by atoms with E-state index in [0.717, 1.165) is 23.1 Å². The molecule has 0 fully saturated rings. The van der Waals surface area contributed by atoms with Crippen molar-refractivity contribution in [1.82, 2.24) is 0 Å². The van der Waals surface area contributed by atoms with Crippen molar-refractivity contribution in [3.63, 3.8) is 0 Å². The molecule has 2 aromatic carbocycles. The highest BCUT2D eigenvalue weighted by Gasteiger charge is 2.30. The van der Waals surface area contributed by atoms with Crippen LogP contribution in [0.3, 0.4) is 0 Å². The summed E-state index contributed by atoms with van der Waals surface area (Å²) in [5.74, 6) is -0.199. The number of carbonyl (C=O) groups is 1. The van der Waals surface area contributed by atoms with E-state index >= 15 is 0 Å². The van der Waals surface area contributed by atoms with Crippen molar-refractivity contribution in [2.75, 3.05) is 0 Å². The summed E-state index contributed by atoms with van der Waals surface area (Å²) < 4.78 is 5.45. The number of aryl methyl sites for hydroxylation is 1. The smallest absolute Gasteiger partial charge is 0.339 e. The number of hydrogen-bond acceptors (Lipinski definition) is 2. The summed E-state index contributed by atoms with van der Waals surface area (Å²) in [6.07, 6.45) is 0.596. The first kappa shape index (κ1) is 11.0. The zero-order valence-electron chi connectivity index (χ0n) is 10.2. The summed E-state index contributed by atoms with van der Waals surface area (Å²) in [6.45, 7) is 1.98. The Hall–Kier alpha value is -2.09. The van der Waals surface area contributed by atoms with Crippen LogP contribution in [0.1, 0.15) is 33.2 Å². The summed E-state index contributed by atoms with van der Waals surface area (Å²) in [5, 5.41) is 0. The van der Waals surface area contributed by atoms with Crippen LogP contribution in [0, 0.1) is 6.92 Å². The molecule has 2 nitrogen and oxygen atoms in total. The molecule has 0 saturated heterocycles. The van der Waals surface area contributed by atoms with Crippen molar-refractivity contribution < 1.29 is 9.53 Å². The third kappa shape index (κ3) is 1.90. The van der Waals surface area contributed by atoms with Crippen molar-refractivity contribution in [2.24, 2.45) is 0 Å². The third-order valence-electron chi connectivity index (χ3n) is 3.29. The van der Waals surface area contributed by atoms with Crippen LogP contribution in [-0.2, 0) is 11.2 Å². The molecule has 0 amide bonds. The minimum absolute atomic E-state index is 0.143. The van der Waals surface area contributed by atoms with Gasteiger partial charge in [-0.05, 0) is 18.6 Å². The highest BCUT2D eigenvalue weighted by molar-refractivity contribution is 5.94. The van der Waals surface area contributed by atoms with E-state index in [1.165, 1.54) is 5.56 Å². The molecule has 1 atom stereocenters. The van der Waals surface area contributed by atoms with Crippen LogP contribution in [0.5, 0.6) is 0 Å². The molecule has 1 unspecified atom stereocenters.